The van der Waals surface area contributed by atoms with Crippen LogP contribution in [0.4, 0.5) is 5.69 Å². The lowest BCUT2D eigenvalue weighted by Crippen LogP contribution is -2.19. The highest BCUT2D eigenvalue weighted by Gasteiger charge is 2.10. The Morgan fingerprint density at radius 3 is 2.52 bits per heavy atom. The molecule has 0 aliphatic rings. The fraction of sp³-hybridized carbons (Fsp3) is 0.0667. The minimum atomic E-state index is -0.142. The Labute approximate surface area is 141 Å². The summed E-state index contributed by atoms with van der Waals surface area (Å²) in [4.78, 5) is 12.3. The Morgan fingerprint density at radius 2 is 1.90 bits per heavy atom. The van der Waals surface area contributed by atoms with Crippen LogP contribution in [-0.2, 0) is 11.2 Å². The van der Waals surface area contributed by atoms with Crippen LogP contribution in [0.15, 0.2) is 46.9 Å². The molecule has 0 fully saturated rings. The summed E-state index contributed by atoms with van der Waals surface area (Å²) in [6, 6.07) is 12.5. The first kappa shape index (κ1) is 15.9. The normalized spacial score (nSPS) is 10.2. The van der Waals surface area contributed by atoms with Gasteiger partial charge in [0, 0.05) is 15.1 Å². The number of benzene rings is 2. The zero-order valence-electron chi connectivity index (χ0n) is 10.9. The molecule has 21 heavy (non-hydrogen) atoms. The number of amides is 1. The van der Waals surface area contributed by atoms with Gasteiger partial charge in [-0.25, -0.2) is 0 Å². The van der Waals surface area contributed by atoms with Crippen LogP contribution in [0.3, 0.4) is 0 Å². The van der Waals surface area contributed by atoms with Crippen LogP contribution in [0.1, 0.15) is 11.1 Å². The summed E-state index contributed by atoms with van der Waals surface area (Å²) in [5.41, 5.74) is 7.78. The second kappa shape index (κ2) is 7.02. The van der Waals surface area contributed by atoms with Gasteiger partial charge >= 0.3 is 0 Å². The molecule has 0 aromatic heterocycles. The smallest absolute Gasteiger partial charge is 0.228 e. The van der Waals surface area contributed by atoms with Crippen molar-refractivity contribution in [1.82, 2.24) is 0 Å². The third kappa shape index (κ3) is 4.52. The van der Waals surface area contributed by atoms with Crippen molar-refractivity contribution in [2.45, 2.75) is 6.42 Å². The van der Waals surface area contributed by atoms with Gasteiger partial charge in [-0.15, -0.1) is 0 Å². The number of hydrogen-bond acceptors (Lipinski definition) is 2. The molecule has 0 bridgehead atoms. The van der Waals surface area contributed by atoms with Crippen LogP contribution in [0, 0.1) is 0 Å². The molecule has 0 heterocycles. The van der Waals surface area contributed by atoms with Gasteiger partial charge in [0.05, 0.1) is 12.1 Å². The molecule has 2 aromatic carbocycles. The Kier molecular flexibility index (Phi) is 5.33. The number of rotatable bonds is 4. The third-order valence-corrected chi connectivity index (χ3v) is 3.76. The Bertz CT molecular complexity index is 689. The molecule has 3 nitrogen and oxygen atoms in total. The van der Waals surface area contributed by atoms with Gasteiger partial charge in [-0.2, -0.15) is 0 Å². The van der Waals surface area contributed by atoms with E-state index in [4.69, 9.17) is 29.6 Å². The van der Waals surface area contributed by atoms with Gasteiger partial charge in [0.25, 0.3) is 0 Å². The third-order valence-electron chi connectivity index (χ3n) is 2.80. The summed E-state index contributed by atoms with van der Waals surface area (Å²) in [5, 5.41) is 3.46. The molecule has 3 N–H and O–H groups in total. The van der Waals surface area contributed by atoms with E-state index in [0.29, 0.717) is 16.3 Å². The Morgan fingerprint density at radius 1 is 1.24 bits per heavy atom. The minimum absolute atomic E-state index is 0.142. The second-order valence-electron chi connectivity index (χ2n) is 4.41. The van der Waals surface area contributed by atoms with E-state index in [2.05, 4.69) is 21.2 Å². The van der Waals surface area contributed by atoms with Gasteiger partial charge in [-0.1, -0.05) is 51.9 Å². The summed E-state index contributed by atoms with van der Waals surface area (Å²) >= 11 is 14.2. The lowest BCUT2D eigenvalue weighted by molar-refractivity contribution is -0.115. The zero-order chi connectivity index (χ0) is 15.4. The van der Waals surface area contributed by atoms with Crippen molar-refractivity contribution >= 4 is 56.3 Å². The fourth-order valence-electron chi connectivity index (χ4n) is 1.81. The zero-order valence-corrected chi connectivity index (χ0v) is 14.1. The fourth-order valence-corrected chi connectivity index (χ4v) is 2.47. The first-order valence-electron chi connectivity index (χ1n) is 6.09. The van der Waals surface area contributed by atoms with E-state index >= 15 is 0 Å². The standard InChI is InChI=1S/C15H12BrClN2OS/c16-10-3-6-13(12(8-10)15(18)21)19-14(20)7-9-1-4-11(17)5-2-9/h1-6,8H,7H2,(H2,18,21)(H,19,20). The number of anilines is 1. The average Bonchev–Trinajstić information content (AvgIpc) is 2.43. The number of hydrogen-bond donors (Lipinski definition) is 2. The molecule has 0 aliphatic heterocycles. The van der Waals surface area contributed by atoms with Crippen molar-refractivity contribution < 1.29 is 4.79 Å². The van der Waals surface area contributed by atoms with Crippen molar-refractivity contribution in [3.05, 3.63) is 63.1 Å². The molecule has 2 rings (SSSR count). The van der Waals surface area contributed by atoms with Crippen LogP contribution in [0.2, 0.25) is 5.02 Å². The number of halogens is 2. The van der Waals surface area contributed by atoms with E-state index in [-0.39, 0.29) is 17.3 Å². The average molecular weight is 384 g/mol. The Balaban J connectivity index is 2.12. The summed E-state index contributed by atoms with van der Waals surface area (Å²) < 4.78 is 0.848. The maximum Gasteiger partial charge on any atom is 0.228 e. The first-order valence-corrected chi connectivity index (χ1v) is 7.67. The quantitative estimate of drug-likeness (QED) is 0.787. The van der Waals surface area contributed by atoms with Gasteiger partial charge in [-0.3, -0.25) is 4.79 Å². The van der Waals surface area contributed by atoms with Crippen molar-refractivity contribution in [2.24, 2.45) is 5.73 Å². The Hall–Kier alpha value is -1.43. The lowest BCUT2D eigenvalue weighted by Gasteiger charge is -2.11. The molecule has 0 saturated heterocycles. The van der Waals surface area contributed by atoms with Crippen molar-refractivity contribution in [2.75, 3.05) is 5.32 Å². The molecule has 0 unspecified atom stereocenters. The number of thiocarbonyl (C=S) groups is 1. The van der Waals surface area contributed by atoms with Crippen molar-refractivity contribution in [3.8, 4) is 0 Å². The number of carbonyl (C=O) groups is 1. The van der Waals surface area contributed by atoms with Crippen molar-refractivity contribution in [1.29, 1.82) is 0 Å². The summed E-state index contributed by atoms with van der Waals surface area (Å²) in [6.45, 7) is 0. The van der Waals surface area contributed by atoms with Gasteiger partial charge < -0.3 is 11.1 Å². The van der Waals surface area contributed by atoms with Gasteiger partial charge in [0.2, 0.25) is 5.91 Å². The summed E-state index contributed by atoms with van der Waals surface area (Å²) in [5.74, 6) is -0.142. The first-order chi connectivity index (χ1) is 9.95. The highest BCUT2D eigenvalue weighted by atomic mass is 79.9. The van der Waals surface area contributed by atoms with Crippen molar-refractivity contribution in [3.63, 3.8) is 0 Å². The van der Waals surface area contributed by atoms with E-state index in [1.807, 2.05) is 18.2 Å². The van der Waals surface area contributed by atoms with E-state index in [0.717, 1.165) is 10.0 Å². The van der Waals surface area contributed by atoms with E-state index in [1.54, 1.807) is 24.3 Å². The van der Waals surface area contributed by atoms with Gasteiger partial charge in [0.1, 0.15) is 4.99 Å². The highest BCUT2D eigenvalue weighted by Crippen LogP contribution is 2.21. The SMILES string of the molecule is NC(=S)c1cc(Br)ccc1NC(=O)Cc1ccc(Cl)cc1. The molecule has 1 amide bonds. The lowest BCUT2D eigenvalue weighted by atomic mass is 10.1. The maximum absolute atomic E-state index is 12.1. The van der Waals surface area contributed by atoms with Crippen LogP contribution in [0.25, 0.3) is 0 Å². The predicted octanol–water partition coefficient (Wildman–Crippen LogP) is 3.92. The van der Waals surface area contributed by atoms with E-state index in [9.17, 15) is 4.79 Å². The number of carbonyl (C=O) groups excluding carboxylic acids is 1. The molecule has 0 radical (unpaired) electrons. The highest BCUT2D eigenvalue weighted by molar-refractivity contribution is 9.10. The maximum atomic E-state index is 12.1. The number of nitrogens with one attached hydrogen (secondary N) is 1. The van der Waals surface area contributed by atoms with Gasteiger partial charge in [-0.05, 0) is 35.9 Å². The summed E-state index contributed by atoms with van der Waals surface area (Å²) in [6.07, 6.45) is 0.254. The number of nitrogens with two attached hydrogens (primary N) is 1. The molecule has 0 spiro atoms. The molecule has 2 aromatic rings. The second-order valence-corrected chi connectivity index (χ2v) is 6.20. The molecular formula is C15H12BrClN2OS. The van der Waals surface area contributed by atoms with Crippen LogP contribution < -0.4 is 11.1 Å². The van der Waals surface area contributed by atoms with Crippen LogP contribution >= 0.6 is 39.7 Å². The molecular weight excluding hydrogens is 372 g/mol. The van der Waals surface area contributed by atoms with Gasteiger partial charge in [0.15, 0.2) is 0 Å². The van der Waals surface area contributed by atoms with E-state index < -0.39 is 0 Å². The molecule has 6 heteroatoms. The molecule has 0 saturated carbocycles. The molecule has 108 valence electrons. The largest absolute Gasteiger partial charge is 0.389 e. The van der Waals surface area contributed by atoms with Crippen LogP contribution in [-0.4, -0.2) is 10.9 Å². The monoisotopic (exact) mass is 382 g/mol. The van der Waals surface area contributed by atoms with Crippen LogP contribution in [0.5, 0.6) is 0 Å². The van der Waals surface area contributed by atoms with E-state index in [1.165, 1.54) is 0 Å². The predicted molar refractivity (Wildman–Crippen MR) is 93.8 cm³/mol. The molecule has 0 aliphatic carbocycles. The summed E-state index contributed by atoms with van der Waals surface area (Å²) in [7, 11) is 0. The molecule has 0 atom stereocenters. The minimum Gasteiger partial charge on any atom is -0.389 e. The topological polar surface area (TPSA) is 55.1 Å².